The molecule has 1 aromatic rings. The van der Waals surface area contributed by atoms with Crippen molar-refractivity contribution >= 4 is 17.6 Å². The molecule has 2 N–H and O–H groups in total. The molecule has 1 aromatic carbocycles. The molecule has 0 radical (unpaired) electrons. The van der Waals surface area contributed by atoms with Gasteiger partial charge in [-0.3, -0.25) is 9.59 Å². The van der Waals surface area contributed by atoms with Crippen molar-refractivity contribution in [1.29, 1.82) is 0 Å². The molecule has 1 fully saturated rings. The van der Waals surface area contributed by atoms with Gasteiger partial charge in [0.05, 0.1) is 18.9 Å². The summed E-state index contributed by atoms with van der Waals surface area (Å²) in [4.78, 5) is 24.2. The Bertz CT molecular complexity index is 608. The topological polar surface area (TPSA) is 75.6 Å². The SMILES string of the molecule is COc1ccc(NC(=O)[C@@H]2[C@@H](C(=O)O)[C@@H]3C=C[C@@H]2CC3)cc1. The molecule has 5 heteroatoms. The summed E-state index contributed by atoms with van der Waals surface area (Å²) in [5.74, 6) is -1.52. The monoisotopic (exact) mass is 301 g/mol. The Kier molecular flexibility index (Phi) is 3.88. The minimum absolute atomic E-state index is 0.0179. The maximum atomic E-state index is 12.6. The van der Waals surface area contributed by atoms with E-state index >= 15 is 0 Å². The molecule has 22 heavy (non-hydrogen) atoms. The average molecular weight is 301 g/mol. The predicted octanol–water partition coefficient (Wildman–Crippen LogP) is 2.55. The number of aliphatic carboxylic acids is 1. The van der Waals surface area contributed by atoms with E-state index < -0.39 is 17.8 Å². The van der Waals surface area contributed by atoms with E-state index in [1.165, 1.54) is 0 Å². The first kappa shape index (κ1) is 14.6. The summed E-state index contributed by atoms with van der Waals surface area (Å²) in [7, 11) is 1.58. The highest BCUT2D eigenvalue weighted by Crippen LogP contribution is 2.45. The number of carboxylic acid groups (broad SMARTS) is 1. The summed E-state index contributed by atoms with van der Waals surface area (Å²) in [6.07, 6.45) is 5.70. The molecular formula is C17H19NO4. The molecule has 3 aliphatic rings. The van der Waals surface area contributed by atoms with Crippen molar-refractivity contribution < 1.29 is 19.4 Å². The Balaban J connectivity index is 1.78. The number of carbonyl (C=O) groups is 2. The summed E-state index contributed by atoms with van der Waals surface area (Å²) in [5.41, 5.74) is 0.653. The molecule has 0 unspecified atom stereocenters. The summed E-state index contributed by atoms with van der Waals surface area (Å²) in [5, 5.41) is 12.3. The van der Waals surface area contributed by atoms with Crippen LogP contribution < -0.4 is 10.1 Å². The molecule has 4 rings (SSSR count). The number of fused-ring (bicyclic) bond motifs is 2. The molecule has 0 aliphatic heterocycles. The van der Waals surface area contributed by atoms with E-state index in [4.69, 9.17) is 4.74 Å². The third kappa shape index (κ3) is 2.58. The fourth-order valence-corrected chi connectivity index (χ4v) is 3.59. The van der Waals surface area contributed by atoms with Gasteiger partial charge in [0.1, 0.15) is 5.75 Å². The lowest BCUT2D eigenvalue weighted by Crippen LogP contribution is -2.47. The quantitative estimate of drug-likeness (QED) is 0.838. The Labute approximate surface area is 129 Å². The van der Waals surface area contributed by atoms with Crippen LogP contribution in [0, 0.1) is 23.7 Å². The van der Waals surface area contributed by atoms with E-state index in [0.29, 0.717) is 11.4 Å². The van der Waals surface area contributed by atoms with Gasteiger partial charge in [0.2, 0.25) is 5.91 Å². The number of nitrogens with one attached hydrogen (secondary N) is 1. The number of allylic oxidation sites excluding steroid dienone is 2. The van der Waals surface area contributed by atoms with Crippen LogP contribution in [0.3, 0.4) is 0 Å². The number of anilines is 1. The van der Waals surface area contributed by atoms with E-state index in [9.17, 15) is 14.7 Å². The molecule has 3 aliphatic carbocycles. The lowest BCUT2D eigenvalue weighted by Gasteiger charge is -2.41. The summed E-state index contributed by atoms with van der Waals surface area (Å²) >= 11 is 0. The minimum Gasteiger partial charge on any atom is -0.497 e. The molecule has 0 saturated heterocycles. The Morgan fingerprint density at radius 1 is 1.09 bits per heavy atom. The smallest absolute Gasteiger partial charge is 0.307 e. The predicted molar refractivity (Wildman–Crippen MR) is 81.6 cm³/mol. The van der Waals surface area contributed by atoms with Crippen molar-refractivity contribution in [2.24, 2.45) is 23.7 Å². The molecule has 0 aromatic heterocycles. The normalized spacial score (nSPS) is 29.1. The highest BCUT2D eigenvalue weighted by Gasteiger charge is 2.48. The van der Waals surface area contributed by atoms with Crippen LogP contribution >= 0.6 is 0 Å². The fourth-order valence-electron chi connectivity index (χ4n) is 3.59. The van der Waals surface area contributed by atoms with Crippen molar-refractivity contribution in [3.8, 4) is 5.75 Å². The van der Waals surface area contributed by atoms with Crippen molar-refractivity contribution in [3.05, 3.63) is 36.4 Å². The van der Waals surface area contributed by atoms with Crippen molar-refractivity contribution in [1.82, 2.24) is 0 Å². The van der Waals surface area contributed by atoms with E-state index in [0.717, 1.165) is 12.8 Å². The zero-order valence-corrected chi connectivity index (χ0v) is 12.4. The number of methoxy groups -OCH3 is 1. The van der Waals surface area contributed by atoms with Crippen LogP contribution in [0.15, 0.2) is 36.4 Å². The van der Waals surface area contributed by atoms with E-state index in [-0.39, 0.29) is 17.7 Å². The van der Waals surface area contributed by atoms with Crippen molar-refractivity contribution in [2.75, 3.05) is 12.4 Å². The van der Waals surface area contributed by atoms with Crippen LogP contribution in [0.2, 0.25) is 0 Å². The van der Waals surface area contributed by atoms with Gasteiger partial charge in [-0.15, -0.1) is 0 Å². The van der Waals surface area contributed by atoms with Gasteiger partial charge in [0.15, 0.2) is 0 Å². The zero-order valence-electron chi connectivity index (χ0n) is 12.4. The highest BCUT2D eigenvalue weighted by molar-refractivity contribution is 5.96. The van der Waals surface area contributed by atoms with Gasteiger partial charge in [0.25, 0.3) is 0 Å². The van der Waals surface area contributed by atoms with Gasteiger partial charge < -0.3 is 15.2 Å². The number of ether oxygens (including phenoxy) is 1. The van der Waals surface area contributed by atoms with E-state index in [2.05, 4.69) is 5.32 Å². The Morgan fingerprint density at radius 3 is 2.18 bits per heavy atom. The van der Waals surface area contributed by atoms with Gasteiger partial charge in [-0.2, -0.15) is 0 Å². The van der Waals surface area contributed by atoms with E-state index in [1.807, 2.05) is 12.2 Å². The Hall–Kier alpha value is -2.30. The van der Waals surface area contributed by atoms with Gasteiger partial charge >= 0.3 is 5.97 Å². The zero-order chi connectivity index (χ0) is 15.7. The summed E-state index contributed by atoms with van der Waals surface area (Å²) in [6, 6.07) is 7.03. The van der Waals surface area contributed by atoms with Crippen LogP contribution in [-0.2, 0) is 9.59 Å². The Morgan fingerprint density at radius 2 is 1.68 bits per heavy atom. The second-order valence-electron chi connectivity index (χ2n) is 5.90. The van der Waals surface area contributed by atoms with Gasteiger partial charge in [-0.1, -0.05) is 12.2 Å². The van der Waals surface area contributed by atoms with Crippen LogP contribution in [0.25, 0.3) is 0 Å². The lowest BCUT2D eigenvalue weighted by atomic mass is 9.62. The largest absolute Gasteiger partial charge is 0.497 e. The molecule has 0 spiro atoms. The first-order valence-corrected chi connectivity index (χ1v) is 7.46. The maximum Gasteiger partial charge on any atom is 0.307 e. The molecule has 1 amide bonds. The van der Waals surface area contributed by atoms with Crippen LogP contribution in [0.4, 0.5) is 5.69 Å². The molecule has 116 valence electrons. The second-order valence-corrected chi connectivity index (χ2v) is 5.90. The molecular weight excluding hydrogens is 282 g/mol. The van der Waals surface area contributed by atoms with Gasteiger partial charge in [0, 0.05) is 5.69 Å². The fraction of sp³-hybridized carbons (Fsp3) is 0.412. The number of hydrogen-bond donors (Lipinski definition) is 2. The third-order valence-corrected chi connectivity index (χ3v) is 4.69. The third-order valence-electron chi connectivity index (χ3n) is 4.69. The number of carbonyl (C=O) groups excluding carboxylic acids is 1. The summed E-state index contributed by atoms with van der Waals surface area (Å²) < 4.78 is 5.08. The molecule has 4 atom stereocenters. The van der Waals surface area contributed by atoms with E-state index in [1.54, 1.807) is 31.4 Å². The first-order valence-electron chi connectivity index (χ1n) is 7.46. The highest BCUT2D eigenvalue weighted by atomic mass is 16.5. The number of benzene rings is 1. The maximum absolute atomic E-state index is 12.6. The first-order chi connectivity index (χ1) is 10.6. The van der Waals surface area contributed by atoms with Crippen LogP contribution in [0.1, 0.15) is 12.8 Å². The van der Waals surface area contributed by atoms with Crippen molar-refractivity contribution in [2.45, 2.75) is 12.8 Å². The second kappa shape index (κ2) is 5.83. The standard InChI is InChI=1S/C17H19NO4/c1-22-13-8-6-12(7-9-13)18-16(19)14-10-2-4-11(5-3-10)15(14)17(20)21/h2,4,6-11,14-15H,3,5H2,1H3,(H,18,19)(H,20,21)/t10-,11-,14+,15+/m1/s1. The number of hydrogen-bond acceptors (Lipinski definition) is 3. The minimum atomic E-state index is -0.881. The van der Waals surface area contributed by atoms with Gasteiger partial charge in [-0.05, 0) is 48.9 Å². The number of carboxylic acids is 1. The molecule has 1 saturated carbocycles. The molecule has 2 bridgehead atoms. The van der Waals surface area contributed by atoms with Crippen molar-refractivity contribution in [3.63, 3.8) is 0 Å². The lowest BCUT2D eigenvalue weighted by molar-refractivity contribution is -0.151. The molecule has 0 heterocycles. The van der Waals surface area contributed by atoms with Gasteiger partial charge in [-0.25, -0.2) is 0 Å². The number of rotatable bonds is 4. The van der Waals surface area contributed by atoms with Crippen LogP contribution in [0.5, 0.6) is 5.75 Å². The van der Waals surface area contributed by atoms with Crippen LogP contribution in [-0.4, -0.2) is 24.1 Å². The average Bonchev–Trinajstić information content (AvgIpc) is 2.55. The summed E-state index contributed by atoms with van der Waals surface area (Å²) in [6.45, 7) is 0. The molecule has 5 nitrogen and oxygen atoms in total. The number of amides is 1.